The van der Waals surface area contributed by atoms with Gasteiger partial charge in [-0.15, -0.1) is 0 Å². The van der Waals surface area contributed by atoms with Crippen molar-refractivity contribution in [2.45, 2.75) is 50.7 Å². The first-order chi connectivity index (χ1) is 9.76. The average Bonchev–Trinajstić information content (AvgIpc) is 3.16. The smallest absolute Gasteiger partial charge is 0.113 e. The molecule has 0 atom stereocenters. The van der Waals surface area contributed by atoms with E-state index >= 15 is 0 Å². The minimum absolute atomic E-state index is 0.434. The van der Waals surface area contributed by atoms with E-state index in [2.05, 4.69) is 17.6 Å². The summed E-state index contributed by atoms with van der Waals surface area (Å²) in [6.45, 7) is 2.88. The van der Waals surface area contributed by atoms with Crippen molar-refractivity contribution in [2.75, 3.05) is 12.3 Å². The molecule has 0 bridgehead atoms. The van der Waals surface area contributed by atoms with Crippen LogP contribution in [0.1, 0.15) is 50.4 Å². The van der Waals surface area contributed by atoms with E-state index in [-0.39, 0.29) is 0 Å². The number of ether oxygens (including phenoxy) is 1. The van der Waals surface area contributed by atoms with Crippen molar-refractivity contribution >= 4 is 16.7 Å². The van der Waals surface area contributed by atoms with E-state index in [4.69, 9.17) is 15.5 Å². The van der Waals surface area contributed by atoms with Gasteiger partial charge in [0.1, 0.15) is 5.82 Å². The highest BCUT2D eigenvalue weighted by Crippen LogP contribution is 2.45. The van der Waals surface area contributed by atoms with E-state index in [1.165, 1.54) is 24.2 Å². The highest BCUT2D eigenvalue weighted by molar-refractivity contribution is 5.80. The largest absolute Gasteiger partial charge is 0.399 e. The maximum Gasteiger partial charge on any atom is 0.113 e. The third-order valence-electron chi connectivity index (χ3n) is 4.52. The van der Waals surface area contributed by atoms with E-state index in [1.807, 2.05) is 12.1 Å². The Bertz CT molecular complexity index is 638. The first kappa shape index (κ1) is 12.2. The first-order valence-electron chi connectivity index (χ1n) is 7.65. The van der Waals surface area contributed by atoms with Crippen LogP contribution >= 0.6 is 0 Å². The summed E-state index contributed by atoms with van der Waals surface area (Å²) in [7, 11) is 0. The Balaban J connectivity index is 1.71. The molecule has 2 aliphatic rings. The van der Waals surface area contributed by atoms with Gasteiger partial charge in [-0.05, 0) is 50.8 Å². The van der Waals surface area contributed by atoms with Gasteiger partial charge < -0.3 is 15.0 Å². The fourth-order valence-corrected chi connectivity index (χ4v) is 3.27. The molecule has 1 aromatic carbocycles. The monoisotopic (exact) mass is 271 g/mol. The zero-order valence-corrected chi connectivity index (χ0v) is 11.9. The number of rotatable bonds is 4. The highest BCUT2D eigenvalue weighted by atomic mass is 16.5. The number of fused-ring (bicyclic) bond motifs is 1. The van der Waals surface area contributed by atoms with Gasteiger partial charge in [0.05, 0.1) is 17.1 Å². The number of nitrogens with zero attached hydrogens (tertiary/aromatic N) is 2. The molecule has 2 saturated carbocycles. The summed E-state index contributed by atoms with van der Waals surface area (Å²) in [5.74, 6) is 1.93. The average molecular weight is 271 g/mol. The Morgan fingerprint density at radius 1 is 1.35 bits per heavy atom. The zero-order valence-electron chi connectivity index (χ0n) is 11.9. The molecule has 4 rings (SSSR count). The highest BCUT2D eigenvalue weighted by Gasteiger charge is 2.37. The van der Waals surface area contributed by atoms with Crippen LogP contribution in [0, 0.1) is 0 Å². The quantitative estimate of drug-likeness (QED) is 0.869. The molecule has 4 heteroatoms. The normalized spacial score (nSPS) is 25.9. The van der Waals surface area contributed by atoms with Gasteiger partial charge in [-0.3, -0.25) is 0 Å². The SMILES string of the molecule is CCOC1CC(n2c(C3CC3)nc3cc(N)ccc32)C1. The summed E-state index contributed by atoms with van der Waals surface area (Å²) in [6.07, 6.45) is 5.22. The van der Waals surface area contributed by atoms with Gasteiger partial charge in [0.2, 0.25) is 0 Å². The second kappa shape index (κ2) is 4.48. The lowest BCUT2D eigenvalue weighted by atomic mass is 9.88. The van der Waals surface area contributed by atoms with Crippen LogP contribution in [0.4, 0.5) is 5.69 Å². The number of aromatic nitrogens is 2. The molecule has 0 radical (unpaired) electrons. The fourth-order valence-electron chi connectivity index (χ4n) is 3.27. The molecule has 1 aromatic heterocycles. The van der Waals surface area contributed by atoms with Gasteiger partial charge in [0.25, 0.3) is 0 Å². The van der Waals surface area contributed by atoms with Crippen LogP contribution < -0.4 is 5.73 Å². The van der Waals surface area contributed by atoms with Gasteiger partial charge in [-0.25, -0.2) is 4.98 Å². The molecule has 2 N–H and O–H groups in total. The van der Waals surface area contributed by atoms with Crippen LogP contribution in [0.25, 0.3) is 11.0 Å². The lowest BCUT2D eigenvalue weighted by molar-refractivity contribution is -0.0193. The number of anilines is 1. The van der Waals surface area contributed by atoms with Gasteiger partial charge >= 0.3 is 0 Å². The minimum atomic E-state index is 0.434. The zero-order chi connectivity index (χ0) is 13.7. The number of nitrogen functional groups attached to an aromatic ring is 1. The molecular formula is C16H21N3O. The van der Waals surface area contributed by atoms with Crippen LogP contribution in [0.2, 0.25) is 0 Å². The van der Waals surface area contributed by atoms with E-state index in [0.29, 0.717) is 18.1 Å². The fraction of sp³-hybridized carbons (Fsp3) is 0.562. The molecule has 0 unspecified atom stereocenters. The molecule has 0 saturated heterocycles. The topological polar surface area (TPSA) is 53.1 Å². The standard InChI is InChI=1S/C16H21N3O/c1-2-20-13-8-12(9-13)19-15-6-5-11(17)7-14(15)18-16(19)10-3-4-10/h5-7,10,12-13H,2-4,8-9,17H2,1H3. The van der Waals surface area contributed by atoms with Crippen LogP contribution in [-0.4, -0.2) is 22.3 Å². The molecule has 20 heavy (non-hydrogen) atoms. The third kappa shape index (κ3) is 1.90. The maximum atomic E-state index is 5.89. The van der Waals surface area contributed by atoms with Crippen molar-refractivity contribution in [3.8, 4) is 0 Å². The molecule has 4 nitrogen and oxygen atoms in total. The lowest BCUT2D eigenvalue weighted by Crippen LogP contribution is -2.34. The summed E-state index contributed by atoms with van der Waals surface area (Å²) >= 11 is 0. The molecule has 0 aliphatic heterocycles. The number of imidazole rings is 1. The molecular weight excluding hydrogens is 250 g/mol. The summed E-state index contributed by atoms with van der Waals surface area (Å²) in [4.78, 5) is 4.85. The minimum Gasteiger partial charge on any atom is -0.399 e. The predicted molar refractivity (Wildman–Crippen MR) is 79.8 cm³/mol. The van der Waals surface area contributed by atoms with Crippen LogP contribution in [0.3, 0.4) is 0 Å². The Labute approximate surface area is 118 Å². The number of hydrogen-bond acceptors (Lipinski definition) is 3. The number of nitrogens with two attached hydrogens (primary N) is 1. The third-order valence-corrected chi connectivity index (χ3v) is 4.52. The van der Waals surface area contributed by atoms with Crippen molar-refractivity contribution in [2.24, 2.45) is 0 Å². The van der Waals surface area contributed by atoms with Crippen molar-refractivity contribution < 1.29 is 4.74 Å². The van der Waals surface area contributed by atoms with Crippen molar-refractivity contribution in [3.63, 3.8) is 0 Å². The molecule has 106 valence electrons. The molecule has 0 amide bonds. The lowest BCUT2D eigenvalue weighted by Gasteiger charge is -2.37. The molecule has 1 heterocycles. The Kier molecular flexibility index (Phi) is 2.74. The van der Waals surface area contributed by atoms with E-state index < -0.39 is 0 Å². The Morgan fingerprint density at radius 3 is 2.85 bits per heavy atom. The molecule has 2 aliphatic carbocycles. The van der Waals surface area contributed by atoms with E-state index in [9.17, 15) is 0 Å². The summed E-state index contributed by atoms with van der Waals surface area (Å²) < 4.78 is 8.16. The summed E-state index contributed by atoms with van der Waals surface area (Å²) in [5, 5.41) is 0. The van der Waals surface area contributed by atoms with Gasteiger partial charge in [-0.1, -0.05) is 0 Å². The van der Waals surface area contributed by atoms with Crippen LogP contribution in [-0.2, 0) is 4.74 Å². The summed E-state index contributed by atoms with van der Waals surface area (Å²) in [6, 6.07) is 6.65. The second-order valence-corrected chi connectivity index (χ2v) is 6.07. The first-order valence-corrected chi connectivity index (χ1v) is 7.65. The predicted octanol–water partition coefficient (Wildman–Crippen LogP) is 3.24. The van der Waals surface area contributed by atoms with E-state index in [1.54, 1.807) is 0 Å². The van der Waals surface area contributed by atoms with Crippen molar-refractivity contribution in [3.05, 3.63) is 24.0 Å². The Hall–Kier alpha value is -1.55. The number of benzene rings is 1. The van der Waals surface area contributed by atoms with Gasteiger partial charge in [-0.2, -0.15) is 0 Å². The number of hydrogen-bond donors (Lipinski definition) is 1. The second-order valence-electron chi connectivity index (χ2n) is 6.07. The molecule has 2 fully saturated rings. The van der Waals surface area contributed by atoms with Gasteiger partial charge in [0.15, 0.2) is 0 Å². The van der Waals surface area contributed by atoms with Gasteiger partial charge in [0, 0.05) is 24.3 Å². The molecule has 0 spiro atoms. The molecule has 2 aromatic rings. The van der Waals surface area contributed by atoms with Crippen molar-refractivity contribution in [1.82, 2.24) is 9.55 Å². The van der Waals surface area contributed by atoms with Crippen LogP contribution in [0.15, 0.2) is 18.2 Å². The summed E-state index contributed by atoms with van der Waals surface area (Å²) in [5.41, 5.74) is 8.97. The maximum absolute atomic E-state index is 5.89. The van der Waals surface area contributed by atoms with Crippen molar-refractivity contribution in [1.29, 1.82) is 0 Å². The van der Waals surface area contributed by atoms with E-state index in [0.717, 1.165) is 30.7 Å². The Morgan fingerprint density at radius 2 is 2.15 bits per heavy atom. The van der Waals surface area contributed by atoms with Crippen LogP contribution in [0.5, 0.6) is 0 Å².